The zero-order valence-electron chi connectivity index (χ0n) is 9.26. The highest BCUT2D eigenvalue weighted by Gasteiger charge is 2.07. The Morgan fingerprint density at radius 1 is 1.12 bits per heavy atom. The first-order valence-corrected chi connectivity index (χ1v) is 5.44. The number of rotatable bonds is 4. The SMILES string of the molecule is C=CCC(C=C)c1ccc2ccccc2n1. The van der Waals surface area contributed by atoms with Crippen LogP contribution in [0.3, 0.4) is 0 Å². The molecule has 16 heavy (non-hydrogen) atoms. The van der Waals surface area contributed by atoms with Gasteiger partial charge in [0.25, 0.3) is 0 Å². The van der Waals surface area contributed by atoms with E-state index in [0.29, 0.717) is 0 Å². The molecule has 0 aliphatic heterocycles. The Bertz CT molecular complexity index is 514. The number of para-hydroxylation sites is 1. The van der Waals surface area contributed by atoms with Gasteiger partial charge in [0.2, 0.25) is 0 Å². The number of hydrogen-bond acceptors (Lipinski definition) is 1. The van der Waals surface area contributed by atoms with Crippen molar-refractivity contribution in [3.8, 4) is 0 Å². The van der Waals surface area contributed by atoms with Gasteiger partial charge < -0.3 is 0 Å². The smallest absolute Gasteiger partial charge is 0.0705 e. The molecule has 0 fully saturated rings. The predicted molar refractivity (Wildman–Crippen MR) is 69.5 cm³/mol. The van der Waals surface area contributed by atoms with Gasteiger partial charge in [-0.2, -0.15) is 0 Å². The van der Waals surface area contributed by atoms with Gasteiger partial charge in [0.15, 0.2) is 0 Å². The van der Waals surface area contributed by atoms with Crippen molar-refractivity contribution in [1.29, 1.82) is 0 Å². The van der Waals surface area contributed by atoms with E-state index in [4.69, 9.17) is 0 Å². The maximum atomic E-state index is 4.65. The molecule has 0 aliphatic carbocycles. The number of hydrogen-bond donors (Lipinski definition) is 0. The van der Waals surface area contributed by atoms with E-state index in [9.17, 15) is 0 Å². The van der Waals surface area contributed by atoms with Crippen LogP contribution in [0.4, 0.5) is 0 Å². The molecule has 0 spiro atoms. The second kappa shape index (κ2) is 4.75. The van der Waals surface area contributed by atoms with E-state index in [0.717, 1.165) is 17.6 Å². The number of benzene rings is 1. The Balaban J connectivity index is 2.45. The second-order valence-corrected chi connectivity index (χ2v) is 3.80. The average Bonchev–Trinajstić information content (AvgIpc) is 2.35. The molecule has 80 valence electrons. The molecule has 1 heterocycles. The van der Waals surface area contributed by atoms with E-state index in [2.05, 4.69) is 36.3 Å². The quantitative estimate of drug-likeness (QED) is 0.691. The molecule has 0 aliphatic rings. The van der Waals surface area contributed by atoms with E-state index in [1.807, 2.05) is 30.4 Å². The fraction of sp³-hybridized carbons (Fsp3) is 0.133. The first-order chi connectivity index (χ1) is 7.85. The molecule has 2 rings (SSSR count). The van der Waals surface area contributed by atoms with Gasteiger partial charge >= 0.3 is 0 Å². The van der Waals surface area contributed by atoms with Crippen LogP contribution in [0, 0.1) is 0 Å². The Kier molecular flexibility index (Phi) is 3.16. The summed E-state index contributed by atoms with van der Waals surface area (Å²) in [6.07, 6.45) is 4.72. The van der Waals surface area contributed by atoms with Crippen molar-refractivity contribution < 1.29 is 0 Å². The highest BCUT2D eigenvalue weighted by molar-refractivity contribution is 5.78. The van der Waals surface area contributed by atoms with Crippen LogP contribution >= 0.6 is 0 Å². The van der Waals surface area contributed by atoms with Crippen molar-refractivity contribution in [1.82, 2.24) is 4.98 Å². The lowest BCUT2D eigenvalue weighted by atomic mass is 10.0. The van der Waals surface area contributed by atoms with Crippen LogP contribution in [-0.4, -0.2) is 4.98 Å². The molecule has 0 amide bonds. The highest BCUT2D eigenvalue weighted by Crippen LogP contribution is 2.21. The Hall–Kier alpha value is -1.89. The molecule has 1 aromatic heterocycles. The topological polar surface area (TPSA) is 12.9 Å². The summed E-state index contributed by atoms with van der Waals surface area (Å²) in [5, 5.41) is 1.17. The Morgan fingerprint density at radius 2 is 1.94 bits per heavy atom. The van der Waals surface area contributed by atoms with E-state index in [1.54, 1.807) is 0 Å². The normalized spacial score (nSPS) is 12.2. The van der Waals surface area contributed by atoms with Gasteiger partial charge in [0.05, 0.1) is 5.52 Å². The highest BCUT2D eigenvalue weighted by atomic mass is 14.7. The zero-order valence-corrected chi connectivity index (χ0v) is 9.26. The lowest BCUT2D eigenvalue weighted by molar-refractivity contribution is 0.834. The van der Waals surface area contributed by atoms with Crippen LogP contribution in [0.1, 0.15) is 18.0 Å². The third-order valence-electron chi connectivity index (χ3n) is 2.70. The van der Waals surface area contributed by atoms with E-state index in [-0.39, 0.29) is 5.92 Å². The molecule has 0 radical (unpaired) electrons. The first kappa shape index (κ1) is 10.6. The second-order valence-electron chi connectivity index (χ2n) is 3.80. The summed E-state index contributed by atoms with van der Waals surface area (Å²) < 4.78 is 0. The molecule has 1 heteroatoms. The third-order valence-corrected chi connectivity index (χ3v) is 2.70. The van der Waals surface area contributed by atoms with Gasteiger partial charge in [-0.25, -0.2) is 0 Å². The first-order valence-electron chi connectivity index (χ1n) is 5.44. The van der Waals surface area contributed by atoms with Crippen molar-refractivity contribution in [3.63, 3.8) is 0 Å². The molecule has 0 saturated carbocycles. The van der Waals surface area contributed by atoms with Crippen molar-refractivity contribution >= 4 is 10.9 Å². The zero-order chi connectivity index (χ0) is 11.4. The monoisotopic (exact) mass is 209 g/mol. The molecule has 2 aromatic rings. The van der Waals surface area contributed by atoms with Gasteiger partial charge in [-0.05, 0) is 18.6 Å². The summed E-state index contributed by atoms with van der Waals surface area (Å²) in [7, 11) is 0. The third kappa shape index (κ3) is 2.03. The molecule has 1 aromatic carbocycles. The number of aromatic nitrogens is 1. The van der Waals surface area contributed by atoms with Crippen molar-refractivity contribution in [2.75, 3.05) is 0 Å². The van der Waals surface area contributed by atoms with Crippen LogP contribution < -0.4 is 0 Å². The summed E-state index contributed by atoms with van der Waals surface area (Å²) >= 11 is 0. The van der Waals surface area contributed by atoms with Crippen LogP contribution in [0.2, 0.25) is 0 Å². The van der Waals surface area contributed by atoms with E-state index >= 15 is 0 Å². The minimum Gasteiger partial charge on any atom is -0.252 e. The van der Waals surface area contributed by atoms with Gasteiger partial charge in [-0.1, -0.05) is 36.4 Å². The summed E-state index contributed by atoms with van der Waals surface area (Å²) in [4.78, 5) is 4.65. The van der Waals surface area contributed by atoms with Crippen LogP contribution in [-0.2, 0) is 0 Å². The molecular formula is C15H15N. The van der Waals surface area contributed by atoms with Crippen LogP contribution in [0.25, 0.3) is 10.9 Å². The molecule has 0 saturated heterocycles. The van der Waals surface area contributed by atoms with E-state index in [1.165, 1.54) is 5.39 Å². The van der Waals surface area contributed by atoms with Crippen LogP contribution in [0.15, 0.2) is 61.7 Å². The fourth-order valence-corrected chi connectivity index (χ4v) is 1.81. The van der Waals surface area contributed by atoms with Crippen LogP contribution in [0.5, 0.6) is 0 Å². The number of nitrogens with zero attached hydrogens (tertiary/aromatic N) is 1. The molecular weight excluding hydrogens is 194 g/mol. The van der Waals surface area contributed by atoms with Crippen molar-refractivity contribution in [2.24, 2.45) is 0 Å². The minimum absolute atomic E-state index is 0.266. The molecule has 1 unspecified atom stereocenters. The lowest BCUT2D eigenvalue weighted by Gasteiger charge is -2.10. The summed E-state index contributed by atoms with van der Waals surface area (Å²) in [5.74, 6) is 0.266. The number of fused-ring (bicyclic) bond motifs is 1. The molecule has 1 atom stereocenters. The van der Waals surface area contributed by atoms with E-state index < -0.39 is 0 Å². The lowest BCUT2D eigenvalue weighted by Crippen LogP contribution is -1.97. The fourth-order valence-electron chi connectivity index (χ4n) is 1.81. The largest absolute Gasteiger partial charge is 0.252 e. The molecule has 0 N–H and O–H groups in total. The van der Waals surface area contributed by atoms with Gasteiger partial charge in [0, 0.05) is 17.0 Å². The van der Waals surface area contributed by atoms with Crippen molar-refractivity contribution in [2.45, 2.75) is 12.3 Å². The van der Waals surface area contributed by atoms with Gasteiger partial charge in [-0.15, -0.1) is 13.2 Å². The van der Waals surface area contributed by atoms with Gasteiger partial charge in [0.1, 0.15) is 0 Å². The Morgan fingerprint density at radius 3 is 2.69 bits per heavy atom. The number of pyridine rings is 1. The maximum Gasteiger partial charge on any atom is 0.0705 e. The summed E-state index contributed by atoms with van der Waals surface area (Å²) in [5.41, 5.74) is 2.10. The maximum absolute atomic E-state index is 4.65. The van der Waals surface area contributed by atoms with Gasteiger partial charge in [-0.3, -0.25) is 4.98 Å². The summed E-state index contributed by atoms with van der Waals surface area (Å²) in [6.45, 7) is 7.61. The Labute approximate surface area is 96.1 Å². The molecule has 1 nitrogen and oxygen atoms in total. The minimum atomic E-state index is 0.266. The molecule has 0 bridgehead atoms. The number of allylic oxidation sites excluding steroid dienone is 2. The standard InChI is InChI=1S/C15H15N/c1-3-7-12(4-2)15-11-10-13-8-5-6-9-14(13)16-15/h3-6,8-12H,1-2,7H2. The summed E-state index contributed by atoms with van der Waals surface area (Å²) in [6, 6.07) is 12.3. The average molecular weight is 209 g/mol. The van der Waals surface area contributed by atoms with Crippen molar-refractivity contribution in [3.05, 3.63) is 67.4 Å². The predicted octanol–water partition coefficient (Wildman–Crippen LogP) is 4.08.